The summed E-state index contributed by atoms with van der Waals surface area (Å²) in [7, 11) is 0. The molecule has 0 saturated carbocycles. The maximum atomic E-state index is 12.5. The Balaban J connectivity index is 1.65. The molecule has 3 rings (SSSR count). The van der Waals surface area contributed by atoms with Gasteiger partial charge in [0, 0.05) is 24.0 Å². The Morgan fingerprint density at radius 2 is 2.12 bits per heavy atom. The Bertz CT molecular complexity index is 772. The van der Waals surface area contributed by atoms with Crippen molar-refractivity contribution < 1.29 is 22.7 Å². The van der Waals surface area contributed by atoms with Gasteiger partial charge < -0.3 is 9.64 Å². The van der Waals surface area contributed by atoms with E-state index in [1.54, 1.807) is 16.2 Å². The number of rotatable bonds is 4. The van der Waals surface area contributed by atoms with Gasteiger partial charge in [-0.15, -0.1) is 11.3 Å². The molecule has 3 heterocycles. The normalized spacial score (nSPS) is 15.0. The molecule has 4 nitrogen and oxygen atoms in total. The third kappa shape index (κ3) is 4.60. The molecule has 0 radical (unpaired) electrons. The standard InChI is InChI=1S/C17H15F3N2O2S/c18-17(19,20)11-24-15-5-1-3-13(21-15)16(23)22-8-6-12(7-9-22)14-4-2-10-25-14/h1-6,10H,7-9,11H2. The minimum absolute atomic E-state index is 0.0765. The Hall–Kier alpha value is -2.35. The van der Waals surface area contributed by atoms with Crippen molar-refractivity contribution in [2.24, 2.45) is 0 Å². The van der Waals surface area contributed by atoms with E-state index in [1.165, 1.54) is 28.6 Å². The second-order valence-corrected chi connectivity index (χ2v) is 6.42. The molecule has 0 aromatic carbocycles. The fourth-order valence-corrected chi connectivity index (χ4v) is 3.27. The minimum Gasteiger partial charge on any atom is -0.468 e. The predicted octanol–water partition coefficient (Wildman–Crippen LogP) is 4.01. The van der Waals surface area contributed by atoms with Crippen molar-refractivity contribution in [3.63, 3.8) is 0 Å². The van der Waals surface area contributed by atoms with Crippen LogP contribution < -0.4 is 4.74 Å². The van der Waals surface area contributed by atoms with Crippen LogP contribution in [0.3, 0.4) is 0 Å². The second kappa shape index (κ2) is 7.26. The summed E-state index contributed by atoms with van der Waals surface area (Å²) in [5.41, 5.74) is 1.28. The number of amides is 1. The average Bonchev–Trinajstić information content (AvgIpc) is 3.14. The molecule has 0 aliphatic carbocycles. The Morgan fingerprint density at radius 3 is 2.76 bits per heavy atom. The first-order valence-corrected chi connectivity index (χ1v) is 8.49. The largest absolute Gasteiger partial charge is 0.468 e. The molecule has 2 aromatic rings. The molecule has 0 fully saturated rings. The number of thiophene rings is 1. The van der Waals surface area contributed by atoms with Gasteiger partial charge in [0.2, 0.25) is 5.88 Å². The molecular formula is C17H15F3N2O2S. The molecule has 0 saturated heterocycles. The first-order chi connectivity index (χ1) is 11.9. The molecule has 8 heteroatoms. The molecule has 2 aromatic heterocycles. The van der Waals surface area contributed by atoms with E-state index < -0.39 is 12.8 Å². The van der Waals surface area contributed by atoms with E-state index in [9.17, 15) is 18.0 Å². The van der Waals surface area contributed by atoms with Gasteiger partial charge in [0.15, 0.2) is 6.61 Å². The van der Waals surface area contributed by atoms with Crippen molar-refractivity contribution in [3.8, 4) is 5.88 Å². The highest BCUT2D eigenvalue weighted by atomic mass is 32.1. The van der Waals surface area contributed by atoms with Gasteiger partial charge in [0.25, 0.3) is 5.91 Å². The topological polar surface area (TPSA) is 42.4 Å². The highest BCUT2D eigenvalue weighted by Gasteiger charge is 2.29. The number of carbonyl (C=O) groups excluding carboxylic acids is 1. The average molecular weight is 368 g/mol. The number of carbonyl (C=O) groups is 1. The molecule has 25 heavy (non-hydrogen) atoms. The molecule has 0 spiro atoms. The lowest BCUT2D eigenvalue weighted by atomic mass is 10.1. The molecule has 1 aliphatic rings. The van der Waals surface area contributed by atoms with Crippen molar-refractivity contribution >= 4 is 22.8 Å². The van der Waals surface area contributed by atoms with Crippen LogP contribution in [0.5, 0.6) is 5.88 Å². The van der Waals surface area contributed by atoms with Crippen molar-refractivity contribution in [1.29, 1.82) is 0 Å². The fourth-order valence-electron chi connectivity index (χ4n) is 2.47. The molecule has 0 bridgehead atoms. The van der Waals surface area contributed by atoms with E-state index in [0.717, 1.165) is 6.42 Å². The number of ether oxygens (including phenoxy) is 1. The zero-order chi connectivity index (χ0) is 17.9. The summed E-state index contributed by atoms with van der Waals surface area (Å²) in [6.07, 6.45) is -1.72. The summed E-state index contributed by atoms with van der Waals surface area (Å²) >= 11 is 1.65. The monoisotopic (exact) mass is 368 g/mol. The summed E-state index contributed by atoms with van der Waals surface area (Å²) in [4.78, 5) is 19.2. The van der Waals surface area contributed by atoms with Crippen LogP contribution in [0.25, 0.3) is 5.57 Å². The molecule has 0 N–H and O–H groups in total. The highest BCUT2D eigenvalue weighted by Crippen LogP contribution is 2.26. The fraction of sp³-hybridized carbons (Fsp3) is 0.294. The Kier molecular flexibility index (Phi) is 5.08. The quantitative estimate of drug-likeness (QED) is 0.819. The zero-order valence-electron chi connectivity index (χ0n) is 13.1. The van der Waals surface area contributed by atoms with Gasteiger partial charge >= 0.3 is 6.18 Å². The summed E-state index contributed by atoms with van der Waals surface area (Å²) in [5.74, 6) is -0.533. The van der Waals surface area contributed by atoms with Gasteiger partial charge in [-0.25, -0.2) is 4.98 Å². The summed E-state index contributed by atoms with van der Waals surface area (Å²) < 4.78 is 41.2. The molecule has 1 aliphatic heterocycles. The first kappa shape index (κ1) is 17.5. The molecular weight excluding hydrogens is 353 g/mol. The number of halogens is 3. The molecule has 1 amide bonds. The maximum absolute atomic E-state index is 12.5. The Labute approximate surface area is 146 Å². The minimum atomic E-state index is -4.45. The van der Waals surface area contributed by atoms with E-state index in [1.807, 2.05) is 23.6 Å². The van der Waals surface area contributed by atoms with Crippen LogP contribution in [0, 0.1) is 0 Å². The Morgan fingerprint density at radius 1 is 1.28 bits per heavy atom. The first-order valence-electron chi connectivity index (χ1n) is 7.61. The van der Waals surface area contributed by atoms with Crippen LogP contribution in [-0.2, 0) is 0 Å². The van der Waals surface area contributed by atoms with Crippen LogP contribution in [0.4, 0.5) is 13.2 Å². The molecule has 132 valence electrons. The predicted molar refractivity (Wildman–Crippen MR) is 88.6 cm³/mol. The van der Waals surface area contributed by atoms with Crippen molar-refractivity contribution in [2.75, 3.05) is 19.7 Å². The van der Waals surface area contributed by atoms with Crippen molar-refractivity contribution in [1.82, 2.24) is 9.88 Å². The van der Waals surface area contributed by atoms with Crippen molar-refractivity contribution in [3.05, 3.63) is 52.4 Å². The number of aromatic nitrogens is 1. The van der Waals surface area contributed by atoms with Crippen LogP contribution in [0.2, 0.25) is 0 Å². The lowest BCUT2D eigenvalue weighted by Gasteiger charge is -2.26. The molecule has 0 unspecified atom stereocenters. The van der Waals surface area contributed by atoms with Gasteiger partial charge in [-0.2, -0.15) is 13.2 Å². The number of alkyl halides is 3. The van der Waals surface area contributed by atoms with Gasteiger partial charge in [-0.1, -0.05) is 18.2 Å². The highest BCUT2D eigenvalue weighted by molar-refractivity contribution is 7.11. The van der Waals surface area contributed by atoms with E-state index in [4.69, 9.17) is 0 Å². The van der Waals surface area contributed by atoms with Gasteiger partial charge in [0.05, 0.1) is 0 Å². The van der Waals surface area contributed by atoms with E-state index in [-0.39, 0.29) is 17.5 Å². The summed E-state index contributed by atoms with van der Waals surface area (Å²) in [6.45, 7) is -0.451. The lowest BCUT2D eigenvalue weighted by molar-refractivity contribution is -0.154. The number of hydrogen-bond donors (Lipinski definition) is 0. The smallest absolute Gasteiger partial charge is 0.422 e. The van der Waals surface area contributed by atoms with E-state index in [2.05, 4.69) is 9.72 Å². The summed E-state index contributed by atoms with van der Waals surface area (Å²) in [6, 6.07) is 8.25. The van der Waals surface area contributed by atoms with Gasteiger partial charge in [0.1, 0.15) is 5.69 Å². The maximum Gasteiger partial charge on any atom is 0.422 e. The van der Waals surface area contributed by atoms with Crippen molar-refractivity contribution in [2.45, 2.75) is 12.6 Å². The lowest BCUT2D eigenvalue weighted by Crippen LogP contribution is -2.35. The summed E-state index contributed by atoms with van der Waals surface area (Å²) in [5, 5.41) is 2.00. The number of nitrogens with zero attached hydrogens (tertiary/aromatic N) is 2. The zero-order valence-corrected chi connectivity index (χ0v) is 13.9. The number of pyridine rings is 1. The van der Waals surface area contributed by atoms with E-state index in [0.29, 0.717) is 13.1 Å². The van der Waals surface area contributed by atoms with Gasteiger partial charge in [-0.05, 0) is 29.5 Å². The second-order valence-electron chi connectivity index (χ2n) is 5.47. The van der Waals surface area contributed by atoms with Crippen LogP contribution in [-0.4, -0.2) is 41.7 Å². The van der Waals surface area contributed by atoms with Crippen LogP contribution in [0.1, 0.15) is 21.8 Å². The van der Waals surface area contributed by atoms with Gasteiger partial charge in [-0.3, -0.25) is 4.79 Å². The molecule has 0 atom stereocenters. The SMILES string of the molecule is O=C(c1cccc(OCC(F)(F)F)n1)N1CC=C(c2cccs2)CC1. The number of hydrogen-bond acceptors (Lipinski definition) is 4. The third-order valence-electron chi connectivity index (χ3n) is 3.66. The van der Waals surface area contributed by atoms with Crippen LogP contribution in [0.15, 0.2) is 41.8 Å². The third-order valence-corrected chi connectivity index (χ3v) is 4.61. The van der Waals surface area contributed by atoms with Crippen LogP contribution >= 0.6 is 11.3 Å². The van der Waals surface area contributed by atoms with E-state index >= 15 is 0 Å².